The largest absolute Gasteiger partial charge is 0.480 e. The molecule has 0 aromatic carbocycles. The minimum absolute atomic E-state index is 0.0535. The molecule has 0 unspecified atom stereocenters. The maximum atomic E-state index is 12.2. The van der Waals surface area contributed by atoms with Crippen molar-refractivity contribution in [2.75, 3.05) is 25.0 Å². The Morgan fingerprint density at radius 3 is 2.97 bits per heavy atom. The number of carboxylic acids is 1. The van der Waals surface area contributed by atoms with Crippen LogP contribution in [-0.2, 0) is 17.6 Å². The fraction of sp³-hybridized carbons (Fsp3) is 0.593. The van der Waals surface area contributed by atoms with Crippen LogP contribution in [0.3, 0.4) is 0 Å². The molecular formula is C27H38N4O3. The summed E-state index contributed by atoms with van der Waals surface area (Å²) < 4.78 is 5.81. The summed E-state index contributed by atoms with van der Waals surface area (Å²) in [7, 11) is 0. The molecule has 2 aromatic heterocycles. The number of unbranched alkanes of at least 4 members (excludes halogenated alkanes) is 2. The zero-order chi connectivity index (χ0) is 23.9. The van der Waals surface area contributed by atoms with E-state index < -0.39 is 12.0 Å². The normalized spacial score (nSPS) is 19.0. The van der Waals surface area contributed by atoms with Crippen molar-refractivity contribution >= 4 is 11.8 Å². The Labute approximate surface area is 202 Å². The molecule has 1 saturated heterocycles. The van der Waals surface area contributed by atoms with Crippen molar-refractivity contribution < 1.29 is 14.6 Å². The number of aromatic nitrogens is 2. The van der Waals surface area contributed by atoms with Crippen molar-refractivity contribution in [1.82, 2.24) is 14.9 Å². The average molecular weight is 467 g/mol. The third-order valence-corrected chi connectivity index (χ3v) is 6.86. The van der Waals surface area contributed by atoms with Crippen molar-refractivity contribution in [3.63, 3.8) is 0 Å². The zero-order valence-electron chi connectivity index (χ0n) is 20.5. The van der Waals surface area contributed by atoms with Gasteiger partial charge in [0.05, 0.1) is 6.10 Å². The fourth-order valence-electron chi connectivity index (χ4n) is 5.18. The molecule has 7 nitrogen and oxygen atoms in total. The topological polar surface area (TPSA) is 87.6 Å². The number of nitrogens with one attached hydrogen (secondary N) is 1. The Hall–Kier alpha value is -2.67. The van der Waals surface area contributed by atoms with Gasteiger partial charge in [-0.1, -0.05) is 18.9 Å². The average Bonchev–Trinajstić information content (AvgIpc) is 3.27. The van der Waals surface area contributed by atoms with E-state index in [2.05, 4.69) is 27.3 Å². The summed E-state index contributed by atoms with van der Waals surface area (Å²) >= 11 is 0. The molecular weight excluding hydrogens is 428 g/mol. The lowest BCUT2D eigenvalue weighted by molar-refractivity contribution is -0.143. The van der Waals surface area contributed by atoms with Gasteiger partial charge in [0.25, 0.3) is 0 Å². The van der Waals surface area contributed by atoms with Crippen LogP contribution in [0.2, 0.25) is 0 Å². The summed E-state index contributed by atoms with van der Waals surface area (Å²) in [6.45, 7) is 6.49. The summed E-state index contributed by atoms with van der Waals surface area (Å²) in [5, 5.41) is 13.4. The second-order valence-corrected chi connectivity index (χ2v) is 9.89. The number of aryl methyl sites for hydroxylation is 2. The number of nitrogens with zero attached hydrogens (tertiary/aromatic N) is 3. The molecule has 184 valence electrons. The van der Waals surface area contributed by atoms with Crippen LogP contribution in [0.15, 0.2) is 30.5 Å². The molecule has 2 aliphatic rings. The van der Waals surface area contributed by atoms with Crippen LogP contribution < -0.4 is 10.1 Å². The van der Waals surface area contributed by atoms with Crippen molar-refractivity contribution in [1.29, 1.82) is 0 Å². The lowest BCUT2D eigenvalue weighted by atomic mass is 9.99. The minimum atomic E-state index is -0.839. The smallest absolute Gasteiger partial charge is 0.325 e. The number of pyridine rings is 2. The first kappa shape index (κ1) is 24.5. The highest BCUT2D eigenvalue weighted by Gasteiger charge is 2.35. The summed E-state index contributed by atoms with van der Waals surface area (Å²) in [5.74, 6) is 1.21. The molecule has 0 aliphatic carbocycles. The van der Waals surface area contributed by atoms with Crippen LogP contribution in [0.4, 0.5) is 5.82 Å². The number of carboxylic acid groups (broad SMARTS) is 1. The number of hydrogen-bond donors (Lipinski definition) is 2. The Bertz CT molecular complexity index is 965. The number of ether oxygens (including phenoxy) is 1. The van der Waals surface area contributed by atoms with E-state index in [4.69, 9.17) is 9.72 Å². The molecule has 2 N–H and O–H groups in total. The Morgan fingerprint density at radius 2 is 2.15 bits per heavy atom. The number of anilines is 1. The van der Waals surface area contributed by atoms with Crippen molar-refractivity contribution in [3.8, 4) is 5.88 Å². The van der Waals surface area contributed by atoms with Gasteiger partial charge in [-0.25, -0.2) is 9.97 Å². The summed E-state index contributed by atoms with van der Waals surface area (Å²) in [5.41, 5.74) is 3.17. The molecule has 0 amide bonds. The van der Waals surface area contributed by atoms with Crippen molar-refractivity contribution in [2.24, 2.45) is 5.92 Å². The van der Waals surface area contributed by atoms with Gasteiger partial charge in [-0.15, -0.1) is 0 Å². The highest BCUT2D eigenvalue weighted by atomic mass is 16.5. The van der Waals surface area contributed by atoms with E-state index >= 15 is 0 Å². The Balaban J connectivity index is 1.24. The SMILES string of the molecule is CC(C)Oc1ncccc1[C@@H](C(=O)O)N1CC[C@@H](CCCCCc2ccc3c(n2)NCCC3)C1. The van der Waals surface area contributed by atoms with Crippen LogP contribution in [0.25, 0.3) is 0 Å². The number of hydrogen-bond acceptors (Lipinski definition) is 6. The molecule has 2 aromatic rings. The predicted molar refractivity (Wildman–Crippen MR) is 133 cm³/mol. The predicted octanol–water partition coefficient (Wildman–Crippen LogP) is 4.87. The van der Waals surface area contributed by atoms with Gasteiger partial charge in [0.15, 0.2) is 0 Å². The van der Waals surface area contributed by atoms with Crippen LogP contribution in [-0.4, -0.2) is 51.7 Å². The number of likely N-dealkylation sites (tertiary alicyclic amines) is 1. The molecule has 0 bridgehead atoms. The van der Waals surface area contributed by atoms with Gasteiger partial charge >= 0.3 is 5.97 Å². The fourth-order valence-corrected chi connectivity index (χ4v) is 5.18. The van der Waals surface area contributed by atoms with E-state index in [-0.39, 0.29) is 6.10 Å². The number of fused-ring (bicyclic) bond motifs is 1. The van der Waals surface area contributed by atoms with E-state index in [9.17, 15) is 9.90 Å². The van der Waals surface area contributed by atoms with Gasteiger partial charge in [-0.2, -0.15) is 0 Å². The number of carbonyl (C=O) groups is 1. The molecule has 4 rings (SSSR count). The number of rotatable bonds is 11. The van der Waals surface area contributed by atoms with Crippen LogP contribution in [0.1, 0.15) is 75.2 Å². The van der Waals surface area contributed by atoms with Gasteiger partial charge < -0.3 is 15.2 Å². The molecule has 2 atom stereocenters. The third-order valence-electron chi connectivity index (χ3n) is 6.86. The molecule has 1 fully saturated rings. The van der Waals surface area contributed by atoms with E-state index in [1.807, 2.05) is 19.9 Å². The van der Waals surface area contributed by atoms with Crippen LogP contribution in [0, 0.1) is 5.92 Å². The first-order valence-corrected chi connectivity index (χ1v) is 12.8. The first-order valence-electron chi connectivity index (χ1n) is 12.8. The Kier molecular flexibility index (Phi) is 8.38. The maximum Gasteiger partial charge on any atom is 0.325 e. The molecule has 34 heavy (non-hydrogen) atoms. The highest BCUT2D eigenvalue weighted by Crippen LogP contribution is 2.34. The van der Waals surface area contributed by atoms with Crippen LogP contribution >= 0.6 is 0 Å². The van der Waals surface area contributed by atoms with E-state index in [1.165, 1.54) is 30.5 Å². The summed E-state index contributed by atoms with van der Waals surface area (Å²) in [6.07, 6.45) is 10.6. The van der Waals surface area contributed by atoms with Gasteiger partial charge in [0.2, 0.25) is 5.88 Å². The highest BCUT2D eigenvalue weighted by molar-refractivity contribution is 5.76. The first-order chi connectivity index (χ1) is 16.5. The molecule has 0 saturated carbocycles. The van der Waals surface area contributed by atoms with Gasteiger partial charge in [0, 0.05) is 30.5 Å². The molecule has 2 aliphatic heterocycles. The van der Waals surface area contributed by atoms with Gasteiger partial charge in [-0.3, -0.25) is 9.69 Å². The lowest BCUT2D eigenvalue weighted by Gasteiger charge is -2.26. The van der Waals surface area contributed by atoms with Gasteiger partial charge in [-0.05, 0) is 88.6 Å². The second kappa shape index (κ2) is 11.6. The van der Waals surface area contributed by atoms with Crippen molar-refractivity contribution in [3.05, 3.63) is 47.3 Å². The summed E-state index contributed by atoms with van der Waals surface area (Å²) in [4.78, 5) is 23.4. The Morgan fingerprint density at radius 1 is 1.26 bits per heavy atom. The quantitative estimate of drug-likeness (QED) is 0.457. The summed E-state index contributed by atoms with van der Waals surface area (Å²) in [6, 6.07) is 7.33. The van der Waals surface area contributed by atoms with Gasteiger partial charge in [0.1, 0.15) is 11.9 Å². The third kappa shape index (κ3) is 6.26. The van der Waals surface area contributed by atoms with E-state index in [0.29, 0.717) is 17.4 Å². The van der Waals surface area contributed by atoms with Crippen LogP contribution in [0.5, 0.6) is 5.88 Å². The maximum absolute atomic E-state index is 12.2. The standard InChI is InChI=1S/C27H38N4O3/c1-19(2)34-26-23(11-7-16-29-26)24(27(32)33)31-17-14-20(18-31)8-4-3-5-10-22-13-12-21-9-6-15-28-25(21)30-22/h7,11-13,16,19-20,24H,3-6,8-10,14-15,17-18H2,1-2H3,(H,28,30)(H,32,33)/t20-,24+/m1/s1. The molecule has 0 radical (unpaired) electrons. The van der Waals surface area contributed by atoms with E-state index in [0.717, 1.165) is 57.6 Å². The monoisotopic (exact) mass is 466 g/mol. The second-order valence-electron chi connectivity index (χ2n) is 9.89. The van der Waals surface area contributed by atoms with E-state index in [1.54, 1.807) is 12.3 Å². The minimum Gasteiger partial charge on any atom is -0.480 e. The molecule has 0 spiro atoms. The molecule has 4 heterocycles. The zero-order valence-corrected chi connectivity index (χ0v) is 20.5. The lowest BCUT2D eigenvalue weighted by Crippen LogP contribution is -2.33. The number of aliphatic carboxylic acids is 1. The van der Waals surface area contributed by atoms with Crippen molar-refractivity contribution in [2.45, 2.75) is 77.4 Å². The molecule has 7 heteroatoms.